The Morgan fingerprint density at radius 1 is 1.21 bits per heavy atom. The van der Waals surface area contributed by atoms with Gasteiger partial charge in [-0.05, 0) is 43.9 Å². The van der Waals surface area contributed by atoms with Gasteiger partial charge in [-0.1, -0.05) is 6.42 Å². The zero-order valence-corrected chi connectivity index (χ0v) is 11.7. The molecule has 108 valence electrons. The number of amides is 1. The fraction of sp³-hybridized carbons (Fsp3) is 0.933. The van der Waals surface area contributed by atoms with Crippen LogP contribution in [0.2, 0.25) is 0 Å². The lowest BCUT2D eigenvalue weighted by Gasteiger charge is -2.29. The average Bonchev–Trinajstić information content (AvgIpc) is 3.05. The van der Waals surface area contributed by atoms with Crippen LogP contribution in [-0.2, 0) is 9.53 Å². The Hall–Kier alpha value is -0.610. The summed E-state index contributed by atoms with van der Waals surface area (Å²) in [5.74, 6) is 1.54. The quantitative estimate of drug-likeness (QED) is 0.843. The van der Waals surface area contributed by atoms with Crippen molar-refractivity contribution in [3.8, 4) is 0 Å². The lowest BCUT2D eigenvalue weighted by Crippen LogP contribution is -2.38. The molecule has 4 atom stereocenters. The molecular weight excluding hydrogens is 240 g/mol. The van der Waals surface area contributed by atoms with Crippen molar-refractivity contribution in [1.82, 2.24) is 4.90 Å². The molecule has 1 aliphatic carbocycles. The first-order valence-electron chi connectivity index (χ1n) is 7.89. The van der Waals surface area contributed by atoms with Crippen LogP contribution in [0.25, 0.3) is 0 Å². The van der Waals surface area contributed by atoms with Crippen LogP contribution in [0.1, 0.15) is 44.9 Å². The van der Waals surface area contributed by atoms with Gasteiger partial charge >= 0.3 is 0 Å². The molecule has 3 aliphatic rings. The zero-order valence-electron chi connectivity index (χ0n) is 11.7. The first kappa shape index (κ1) is 13.4. The maximum Gasteiger partial charge on any atom is 0.222 e. The van der Waals surface area contributed by atoms with Crippen LogP contribution in [-0.4, -0.2) is 42.6 Å². The van der Waals surface area contributed by atoms with E-state index in [0.29, 0.717) is 36.3 Å². The minimum atomic E-state index is 0.315. The van der Waals surface area contributed by atoms with Crippen LogP contribution in [0.3, 0.4) is 0 Å². The van der Waals surface area contributed by atoms with Gasteiger partial charge in [0.15, 0.2) is 0 Å². The van der Waals surface area contributed by atoms with E-state index in [9.17, 15) is 4.79 Å². The van der Waals surface area contributed by atoms with Crippen LogP contribution in [0.5, 0.6) is 0 Å². The van der Waals surface area contributed by atoms with Crippen molar-refractivity contribution in [2.75, 3.05) is 19.7 Å². The Morgan fingerprint density at radius 2 is 2.11 bits per heavy atom. The van der Waals surface area contributed by atoms with E-state index < -0.39 is 0 Å². The number of carbonyl (C=O) groups is 1. The average molecular weight is 266 g/mol. The highest BCUT2D eigenvalue weighted by atomic mass is 16.5. The van der Waals surface area contributed by atoms with Crippen molar-refractivity contribution in [2.24, 2.45) is 17.6 Å². The van der Waals surface area contributed by atoms with E-state index in [1.54, 1.807) is 0 Å². The van der Waals surface area contributed by atoms with E-state index in [2.05, 4.69) is 4.90 Å². The summed E-state index contributed by atoms with van der Waals surface area (Å²) < 4.78 is 5.59. The van der Waals surface area contributed by atoms with Crippen LogP contribution >= 0.6 is 0 Å². The van der Waals surface area contributed by atoms with Gasteiger partial charge in [0.1, 0.15) is 0 Å². The van der Waals surface area contributed by atoms with Crippen molar-refractivity contribution in [1.29, 1.82) is 0 Å². The minimum Gasteiger partial charge on any atom is -0.378 e. The number of ether oxygens (including phenoxy) is 1. The highest BCUT2D eigenvalue weighted by Crippen LogP contribution is 2.35. The maximum atomic E-state index is 12.3. The molecule has 0 spiro atoms. The van der Waals surface area contributed by atoms with Crippen LogP contribution in [0.15, 0.2) is 0 Å². The summed E-state index contributed by atoms with van der Waals surface area (Å²) >= 11 is 0. The summed E-state index contributed by atoms with van der Waals surface area (Å²) in [4.78, 5) is 14.3. The Kier molecular flexibility index (Phi) is 4.08. The fourth-order valence-corrected chi connectivity index (χ4v) is 4.03. The summed E-state index contributed by atoms with van der Waals surface area (Å²) in [6, 6.07) is 0.315. The van der Waals surface area contributed by atoms with Gasteiger partial charge in [-0.25, -0.2) is 0 Å². The Bertz CT molecular complexity index is 328. The highest BCUT2D eigenvalue weighted by molar-refractivity contribution is 5.76. The van der Waals surface area contributed by atoms with Crippen LogP contribution in [0, 0.1) is 11.8 Å². The van der Waals surface area contributed by atoms with Crippen LogP contribution < -0.4 is 5.73 Å². The van der Waals surface area contributed by atoms with Gasteiger partial charge < -0.3 is 15.4 Å². The molecule has 0 aromatic carbocycles. The zero-order chi connectivity index (χ0) is 13.2. The smallest absolute Gasteiger partial charge is 0.222 e. The van der Waals surface area contributed by atoms with E-state index in [0.717, 1.165) is 45.4 Å². The van der Waals surface area contributed by atoms with Crippen molar-refractivity contribution < 1.29 is 9.53 Å². The second kappa shape index (κ2) is 5.80. The molecule has 0 bridgehead atoms. The van der Waals surface area contributed by atoms with Gasteiger partial charge in [-0.15, -0.1) is 0 Å². The lowest BCUT2D eigenvalue weighted by atomic mass is 9.78. The third kappa shape index (κ3) is 2.95. The Balaban J connectivity index is 1.48. The highest BCUT2D eigenvalue weighted by Gasteiger charge is 2.40. The monoisotopic (exact) mass is 266 g/mol. The number of nitrogens with zero attached hydrogens (tertiary/aromatic N) is 1. The van der Waals surface area contributed by atoms with Crippen LogP contribution in [0.4, 0.5) is 0 Å². The summed E-state index contributed by atoms with van der Waals surface area (Å²) in [5, 5.41) is 0. The largest absolute Gasteiger partial charge is 0.378 e. The normalized spacial score (nSPS) is 38.5. The molecule has 0 aromatic heterocycles. The topological polar surface area (TPSA) is 55.6 Å². The summed E-state index contributed by atoms with van der Waals surface area (Å²) in [7, 11) is 0. The van der Waals surface area contributed by atoms with E-state index in [-0.39, 0.29) is 0 Å². The SMILES string of the molecule is NC1CCCC2CN(C(=O)CCC3CCCO3)CC12. The number of hydrogen-bond acceptors (Lipinski definition) is 3. The van der Waals surface area contributed by atoms with Gasteiger partial charge in [0.2, 0.25) is 5.91 Å². The molecule has 2 heterocycles. The maximum absolute atomic E-state index is 12.3. The van der Waals surface area contributed by atoms with Gasteiger partial charge in [0.25, 0.3) is 0 Å². The van der Waals surface area contributed by atoms with Gasteiger partial charge in [-0.3, -0.25) is 4.79 Å². The van der Waals surface area contributed by atoms with E-state index in [1.165, 1.54) is 12.8 Å². The van der Waals surface area contributed by atoms with Crippen molar-refractivity contribution in [2.45, 2.75) is 57.1 Å². The third-order valence-electron chi connectivity index (χ3n) is 5.21. The molecule has 2 saturated heterocycles. The summed E-state index contributed by atoms with van der Waals surface area (Å²) in [6.45, 7) is 2.72. The van der Waals surface area contributed by atoms with Crippen molar-refractivity contribution >= 4 is 5.91 Å². The van der Waals surface area contributed by atoms with E-state index in [4.69, 9.17) is 10.5 Å². The van der Waals surface area contributed by atoms with Crippen molar-refractivity contribution in [3.05, 3.63) is 0 Å². The molecule has 0 aromatic rings. The molecule has 0 radical (unpaired) electrons. The molecular formula is C15H26N2O2. The van der Waals surface area contributed by atoms with E-state index >= 15 is 0 Å². The number of carbonyl (C=O) groups excluding carboxylic acids is 1. The minimum absolute atomic E-state index is 0.315. The molecule has 2 N–H and O–H groups in total. The van der Waals surface area contributed by atoms with Gasteiger partial charge in [0, 0.05) is 32.2 Å². The molecule has 3 rings (SSSR count). The molecule has 19 heavy (non-hydrogen) atoms. The number of likely N-dealkylation sites (tertiary alicyclic amines) is 1. The second-order valence-corrected chi connectivity index (χ2v) is 6.49. The molecule has 4 unspecified atom stereocenters. The fourth-order valence-electron chi connectivity index (χ4n) is 4.03. The van der Waals surface area contributed by atoms with Gasteiger partial charge in [-0.2, -0.15) is 0 Å². The standard InChI is InChI=1S/C15H26N2O2/c16-14-5-1-3-11-9-17(10-13(11)14)15(18)7-6-12-4-2-8-19-12/h11-14H,1-10,16H2. The Labute approximate surface area is 115 Å². The Morgan fingerprint density at radius 3 is 2.84 bits per heavy atom. The molecule has 1 saturated carbocycles. The first-order chi connectivity index (χ1) is 9.24. The first-order valence-corrected chi connectivity index (χ1v) is 7.89. The van der Waals surface area contributed by atoms with E-state index in [1.807, 2.05) is 0 Å². The molecule has 3 fully saturated rings. The molecule has 4 heteroatoms. The molecule has 1 amide bonds. The number of hydrogen-bond donors (Lipinski definition) is 1. The van der Waals surface area contributed by atoms with Crippen molar-refractivity contribution in [3.63, 3.8) is 0 Å². The predicted octanol–water partition coefficient (Wildman–Crippen LogP) is 1.53. The second-order valence-electron chi connectivity index (χ2n) is 6.49. The molecule has 4 nitrogen and oxygen atoms in total. The molecule has 2 aliphatic heterocycles. The van der Waals surface area contributed by atoms with Gasteiger partial charge in [0.05, 0.1) is 6.10 Å². The number of rotatable bonds is 3. The number of fused-ring (bicyclic) bond motifs is 1. The summed E-state index contributed by atoms with van der Waals surface area (Å²) in [6.07, 6.45) is 7.80. The number of nitrogens with two attached hydrogens (primary N) is 1. The third-order valence-corrected chi connectivity index (χ3v) is 5.21. The lowest BCUT2D eigenvalue weighted by molar-refractivity contribution is -0.131. The predicted molar refractivity (Wildman–Crippen MR) is 73.6 cm³/mol. The summed E-state index contributed by atoms with van der Waals surface area (Å²) in [5.41, 5.74) is 6.20.